The molecule has 1 saturated heterocycles. The van der Waals surface area contributed by atoms with Crippen molar-refractivity contribution in [1.29, 1.82) is 0 Å². The minimum Gasteiger partial charge on any atom is -0.378 e. The van der Waals surface area contributed by atoms with Gasteiger partial charge in [-0.3, -0.25) is 4.39 Å². The minimum absolute atomic E-state index is 0.159. The molecule has 0 aromatic rings. The molecule has 10 heavy (non-hydrogen) atoms. The second kappa shape index (κ2) is 3.33. The number of hydrogen-bond acceptors (Lipinski definition) is 1. The predicted molar refractivity (Wildman–Crippen MR) is 38.7 cm³/mol. The van der Waals surface area contributed by atoms with E-state index in [9.17, 15) is 4.39 Å². The number of hydrogen-bond donors (Lipinski definition) is 0. The van der Waals surface area contributed by atoms with Crippen LogP contribution in [-0.2, 0) is 4.74 Å². The maximum Gasteiger partial charge on any atom is 0.0944 e. The summed E-state index contributed by atoms with van der Waals surface area (Å²) in [6.07, 6.45) is 1.31. The predicted octanol–water partition coefficient (Wildman–Crippen LogP) is 2.02. The van der Waals surface area contributed by atoms with Crippen molar-refractivity contribution in [1.82, 2.24) is 0 Å². The Morgan fingerprint density at radius 1 is 1.50 bits per heavy atom. The zero-order valence-electron chi connectivity index (χ0n) is 6.64. The summed E-state index contributed by atoms with van der Waals surface area (Å²) in [6, 6.07) is 0. The lowest BCUT2D eigenvalue weighted by atomic mass is 9.91. The number of ether oxygens (including phenoxy) is 1. The maximum atomic E-state index is 12.1. The van der Waals surface area contributed by atoms with E-state index in [0.717, 1.165) is 6.42 Å². The standard InChI is InChI=1S/C8H15FO/c1-6-3-8(4-9)5-10-7(6)2/h6-8H,3-5H2,1-2H3/t6-,7-,8?/m0/s1. The highest BCUT2D eigenvalue weighted by Crippen LogP contribution is 2.24. The third-order valence-corrected chi connectivity index (χ3v) is 2.32. The summed E-state index contributed by atoms with van der Waals surface area (Å²) < 4.78 is 17.5. The SMILES string of the molecule is C[C@@H]1OCC(CF)C[C@@H]1C. The molecule has 0 radical (unpaired) electrons. The fourth-order valence-electron chi connectivity index (χ4n) is 1.35. The molecule has 0 N–H and O–H groups in total. The monoisotopic (exact) mass is 146 g/mol. The molecule has 0 amide bonds. The fraction of sp³-hybridized carbons (Fsp3) is 1.00. The van der Waals surface area contributed by atoms with Crippen molar-refractivity contribution in [2.45, 2.75) is 26.4 Å². The van der Waals surface area contributed by atoms with E-state index in [2.05, 4.69) is 13.8 Å². The Morgan fingerprint density at radius 2 is 2.20 bits per heavy atom. The molecule has 0 bridgehead atoms. The highest BCUT2D eigenvalue weighted by Gasteiger charge is 2.24. The quantitative estimate of drug-likeness (QED) is 0.550. The van der Waals surface area contributed by atoms with Crippen LogP contribution in [0.2, 0.25) is 0 Å². The summed E-state index contributed by atoms with van der Waals surface area (Å²) in [5, 5.41) is 0. The van der Waals surface area contributed by atoms with Crippen molar-refractivity contribution in [3.05, 3.63) is 0 Å². The number of halogens is 1. The van der Waals surface area contributed by atoms with Crippen molar-refractivity contribution < 1.29 is 9.13 Å². The van der Waals surface area contributed by atoms with Gasteiger partial charge in [-0.1, -0.05) is 6.92 Å². The van der Waals surface area contributed by atoms with Crippen LogP contribution in [0.1, 0.15) is 20.3 Å². The van der Waals surface area contributed by atoms with Crippen LogP contribution in [-0.4, -0.2) is 19.4 Å². The van der Waals surface area contributed by atoms with Crippen LogP contribution in [0, 0.1) is 11.8 Å². The molecule has 0 aromatic carbocycles. The highest BCUT2D eigenvalue weighted by molar-refractivity contribution is 4.72. The lowest BCUT2D eigenvalue weighted by Gasteiger charge is -2.30. The molecule has 60 valence electrons. The number of alkyl halides is 1. The average molecular weight is 146 g/mol. The van der Waals surface area contributed by atoms with Gasteiger partial charge in [-0.15, -0.1) is 0 Å². The van der Waals surface area contributed by atoms with Crippen LogP contribution in [0.3, 0.4) is 0 Å². The van der Waals surface area contributed by atoms with Crippen molar-refractivity contribution in [2.75, 3.05) is 13.3 Å². The highest BCUT2D eigenvalue weighted by atomic mass is 19.1. The molecule has 0 aromatic heterocycles. The Hall–Kier alpha value is -0.110. The van der Waals surface area contributed by atoms with Gasteiger partial charge >= 0.3 is 0 Å². The van der Waals surface area contributed by atoms with Crippen LogP contribution in [0.5, 0.6) is 0 Å². The molecular formula is C8H15FO. The lowest BCUT2D eigenvalue weighted by Crippen LogP contribution is -2.31. The third-order valence-electron chi connectivity index (χ3n) is 2.32. The van der Waals surface area contributed by atoms with Crippen molar-refractivity contribution in [2.24, 2.45) is 11.8 Å². The fourth-order valence-corrected chi connectivity index (χ4v) is 1.35. The Kier molecular flexibility index (Phi) is 2.66. The second-order valence-electron chi connectivity index (χ2n) is 3.27. The minimum atomic E-state index is -0.225. The van der Waals surface area contributed by atoms with E-state index in [0.29, 0.717) is 18.6 Å². The Morgan fingerprint density at radius 3 is 2.70 bits per heavy atom. The smallest absolute Gasteiger partial charge is 0.0944 e. The molecule has 2 heteroatoms. The summed E-state index contributed by atoms with van der Waals surface area (Å²) in [7, 11) is 0. The molecule has 1 aliphatic rings. The summed E-state index contributed by atoms with van der Waals surface area (Å²) >= 11 is 0. The topological polar surface area (TPSA) is 9.23 Å². The molecule has 0 spiro atoms. The molecule has 1 rings (SSSR count). The van der Waals surface area contributed by atoms with Gasteiger partial charge in [0, 0.05) is 5.92 Å². The normalized spacial score (nSPS) is 41.7. The Bertz CT molecular complexity index is 105. The van der Waals surface area contributed by atoms with Gasteiger partial charge in [0.05, 0.1) is 19.4 Å². The van der Waals surface area contributed by atoms with E-state index in [-0.39, 0.29) is 12.6 Å². The van der Waals surface area contributed by atoms with Crippen LogP contribution in [0.25, 0.3) is 0 Å². The molecule has 0 aliphatic carbocycles. The summed E-state index contributed by atoms with van der Waals surface area (Å²) in [6.45, 7) is 4.56. The van der Waals surface area contributed by atoms with Gasteiger partial charge < -0.3 is 4.74 Å². The van der Waals surface area contributed by atoms with Crippen LogP contribution in [0.15, 0.2) is 0 Å². The largest absolute Gasteiger partial charge is 0.378 e. The Labute approximate surface area is 61.6 Å². The molecular weight excluding hydrogens is 131 g/mol. The molecule has 1 heterocycles. The average Bonchev–Trinajstić information content (AvgIpc) is 1.95. The van der Waals surface area contributed by atoms with Gasteiger partial charge in [-0.25, -0.2) is 0 Å². The first-order valence-electron chi connectivity index (χ1n) is 3.91. The van der Waals surface area contributed by atoms with E-state index < -0.39 is 0 Å². The van der Waals surface area contributed by atoms with E-state index in [4.69, 9.17) is 4.74 Å². The first kappa shape index (κ1) is 7.99. The zero-order chi connectivity index (χ0) is 7.56. The number of rotatable bonds is 1. The van der Waals surface area contributed by atoms with Crippen molar-refractivity contribution >= 4 is 0 Å². The maximum absolute atomic E-state index is 12.1. The summed E-state index contributed by atoms with van der Waals surface area (Å²) in [5.41, 5.74) is 0. The van der Waals surface area contributed by atoms with Crippen LogP contribution in [0.4, 0.5) is 4.39 Å². The van der Waals surface area contributed by atoms with Gasteiger partial charge in [-0.2, -0.15) is 0 Å². The lowest BCUT2D eigenvalue weighted by molar-refractivity contribution is -0.0450. The molecule has 3 atom stereocenters. The zero-order valence-corrected chi connectivity index (χ0v) is 6.64. The third kappa shape index (κ3) is 1.69. The van der Waals surface area contributed by atoms with Gasteiger partial charge in [0.25, 0.3) is 0 Å². The van der Waals surface area contributed by atoms with Crippen LogP contribution < -0.4 is 0 Å². The van der Waals surface area contributed by atoms with Gasteiger partial charge in [0.2, 0.25) is 0 Å². The van der Waals surface area contributed by atoms with E-state index in [1.165, 1.54) is 0 Å². The molecule has 0 saturated carbocycles. The van der Waals surface area contributed by atoms with Gasteiger partial charge in [0.1, 0.15) is 0 Å². The molecule has 1 unspecified atom stereocenters. The van der Waals surface area contributed by atoms with Crippen molar-refractivity contribution in [3.63, 3.8) is 0 Å². The summed E-state index contributed by atoms with van der Waals surface area (Å²) in [5.74, 6) is 0.681. The Balaban J connectivity index is 2.33. The van der Waals surface area contributed by atoms with Gasteiger partial charge in [0.15, 0.2) is 0 Å². The molecule has 1 nitrogen and oxygen atoms in total. The van der Waals surface area contributed by atoms with Crippen molar-refractivity contribution in [3.8, 4) is 0 Å². The first-order valence-corrected chi connectivity index (χ1v) is 3.91. The van der Waals surface area contributed by atoms with E-state index in [1.54, 1.807) is 0 Å². The second-order valence-corrected chi connectivity index (χ2v) is 3.27. The van der Waals surface area contributed by atoms with Gasteiger partial charge in [-0.05, 0) is 19.3 Å². The van der Waals surface area contributed by atoms with E-state index >= 15 is 0 Å². The van der Waals surface area contributed by atoms with Crippen LogP contribution >= 0.6 is 0 Å². The summed E-state index contributed by atoms with van der Waals surface area (Å²) in [4.78, 5) is 0. The molecule has 1 aliphatic heterocycles. The van der Waals surface area contributed by atoms with E-state index in [1.807, 2.05) is 0 Å². The first-order chi connectivity index (χ1) is 4.74. The molecule has 1 fully saturated rings.